The summed E-state index contributed by atoms with van der Waals surface area (Å²) in [6, 6.07) is 4.48. The first-order chi connectivity index (χ1) is 19.6. The molecule has 2 fully saturated rings. The summed E-state index contributed by atoms with van der Waals surface area (Å²) < 4.78 is 8.60. The summed E-state index contributed by atoms with van der Waals surface area (Å²) >= 11 is 12.5. The molecular formula is C27H25Cl2N7O5. The van der Waals surface area contributed by atoms with Gasteiger partial charge in [-0.3, -0.25) is 14.4 Å². The van der Waals surface area contributed by atoms with E-state index in [-0.39, 0.29) is 44.9 Å². The lowest BCUT2D eigenvalue weighted by Gasteiger charge is -2.19. The Kier molecular flexibility index (Phi) is 6.84. The van der Waals surface area contributed by atoms with Crippen molar-refractivity contribution in [3.63, 3.8) is 0 Å². The molecule has 0 spiro atoms. The first-order valence-corrected chi connectivity index (χ1v) is 13.6. The second-order valence-corrected chi connectivity index (χ2v) is 11.0. The van der Waals surface area contributed by atoms with Crippen molar-refractivity contribution in [3.8, 4) is 16.9 Å². The zero-order valence-electron chi connectivity index (χ0n) is 21.8. The number of primary amides is 1. The van der Waals surface area contributed by atoms with E-state index in [0.717, 1.165) is 26.1 Å². The first-order valence-electron chi connectivity index (χ1n) is 12.8. The average molecular weight is 598 g/mol. The third kappa shape index (κ3) is 4.88. The lowest BCUT2D eigenvalue weighted by Crippen LogP contribution is -2.24. The summed E-state index contributed by atoms with van der Waals surface area (Å²) in [5.41, 5.74) is 6.17. The van der Waals surface area contributed by atoms with Crippen LogP contribution in [0, 0.1) is 5.92 Å². The van der Waals surface area contributed by atoms with Gasteiger partial charge in [0, 0.05) is 50.5 Å². The number of halogens is 2. The van der Waals surface area contributed by atoms with Crippen LogP contribution in [0.3, 0.4) is 0 Å². The van der Waals surface area contributed by atoms with Gasteiger partial charge in [0.1, 0.15) is 23.8 Å². The fourth-order valence-corrected chi connectivity index (χ4v) is 5.82. The molecule has 12 nitrogen and oxygen atoms in total. The number of anilines is 2. The van der Waals surface area contributed by atoms with Gasteiger partial charge >= 0.3 is 0 Å². The number of nitrogens with one attached hydrogen (secondary N) is 1. The van der Waals surface area contributed by atoms with Crippen LogP contribution in [0.15, 0.2) is 41.7 Å². The Hall–Kier alpha value is -4.13. The number of fused-ring (bicyclic) bond motifs is 2. The van der Waals surface area contributed by atoms with Gasteiger partial charge in [-0.2, -0.15) is 0 Å². The van der Waals surface area contributed by atoms with Crippen molar-refractivity contribution in [3.05, 3.63) is 62.9 Å². The van der Waals surface area contributed by atoms with Crippen molar-refractivity contribution >= 4 is 57.6 Å². The summed E-state index contributed by atoms with van der Waals surface area (Å²) in [6.45, 7) is 2.12. The van der Waals surface area contributed by atoms with Crippen LogP contribution in [0.1, 0.15) is 16.8 Å². The van der Waals surface area contributed by atoms with Gasteiger partial charge in [0.25, 0.3) is 11.5 Å². The highest BCUT2D eigenvalue weighted by Gasteiger charge is 2.38. The van der Waals surface area contributed by atoms with Crippen LogP contribution in [0.5, 0.6) is 5.75 Å². The van der Waals surface area contributed by atoms with Crippen molar-refractivity contribution in [2.24, 2.45) is 18.7 Å². The number of carbonyl (C=O) groups is 2. The molecule has 6 rings (SSSR count). The maximum Gasteiger partial charge on any atom is 0.263 e. The second-order valence-electron chi connectivity index (χ2n) is 10.2. The molecule has 2 amide bonds. The Morgan fingerprint density at radius 2 is 2.00 bits per heavy atom. The molecule has 3 aromatic heterocycles. The number of hydrogen-bond acceptors (Lipinski definition) is 8. The van der Waals surface area contributed by atoms with Crippen molar-refractivity contribution in [1.29, 1.82) is 0 Å². The molecular weight excluding hydrogens is 573 g/mol. The molecule has 0 unspecified atom stereocenters. The fraction of sp³-hybridized carbons (Fsp3) is 0.296. The number of aromatic nitrogens is 4. The number of phenols is 1. The molecule has 212 valence electrons. The summed E-state index contributed by atoms with van der Waals surface area (Å²) in [5, 5.41) is 13.4. The topological polar surface area (TPSA) is 158 Å². The lowest BCUT2D eigenvalue weighted by molar-refractivity contribution is -0.116. The SMILES string of the molecule is Cn1cnc2c(c(-c3cc(Cl)c(O)c(C(N)=O)c3)cn2CC(=O)Nc2cc(N3C[C@H]4CCO[C@H]4C3)ncc2Cl)c1=O. The van der Waals surface area contributed by atoms with Gasteiger partial charge in [-0.25, -0.2) is 9.97 Å². The molecule has 2 aliphatic rings. The molecule has 5 heterocycles. The Bertz CT molecular complexity index is 1770. The van der Waals surface area contributed by atoms with E-state index in [2.05, 4.69) is 20.2 Å². The molecule has 0 aliphatic carbocycles. The molecule has 0 saturated carbocycles. The van der Waals surface area contributed by atoms with E-state index in [9.17, 15) is 19.5 Å². The minimum absolute atomic E-state index is 0.119. The van der Waals surface area contributed by atoms with Crippen LogP contribution in [-0.4, -0.2) is 61.8 Å². The maximum atomic E-state index is 13.2. The number of rotatable bonds is 6. The number of nitrogens with zero attached hydrogens (tertiary/aromatic N) is 5. The number of carbonyl (C=O) groups excluding carboxylic acids is 2. The average Bonchev–Trinajstić information content (AvgIpc) is 3.63. The fourth-order valence-electron chi connectivity index (χ4n) is 5.45. The van der Waals surface area contributed by atoms with E-state index >= 15 is 0 Å². The van der Waals surface area contributed by atoms with Crippen molar-refractivity contribution in [2.45, 2.75) is 19.1 Å². The third-order valence-corrected chi connectivity index (χ3v) is 8.12. The quantitative estimate of drug-likeness (QED) is 0.306. The van der Waals surface area contributed by atoms with E-state index in [1.54, 1.807) is 19.3 Å². The van der Waals surface area contributed by atoms with E-state index < -0.39 is 17.6 Å². The van der Waals surface area contributed by atoms with Crippen LogP contribution in [0.25, 0.3) is 22.2 Å². The van der Waals surface area contributed by atoms with E-state index in [0.29, 0.717) is 28.6 Å². The van der Waals surface area contributed by atoms with Gasteiger partial charge in [0.15, 0.2) is 0 Å². The van der Waals surface area contributed by atoms with Gasteiger partial charge in [0.05, 0.1) is 45.3 Å². The first kappa shape index (κ1) is 27.1. The van der Waals surface area contributed by atoms with Crippen LogP contribution >= 0.6 is 23.2 Å². The van der Waals surface area contributed by atoms with Crippen molar-refractivity contribution in [2.75, 3.05) is 29.9 Å². The summed E-state index contributed by atoms with van der Waals surface area (Å²) in [5.74, 6) is -0.618. The molecule has 1 aromatic carbocycles. The molecule has 14 heteroatoms. The number of ether oxygens (including phenoxy) is 1. The number of pyridine rings is 1. The smallest absolute Gasteiger partial charge is 0.263 e. The lowest BCUT2D eigenvalue weighted by atomic mass is 10.0. The molecule has 0 bridgehead atoms. The number of aromatic hydroxyl groups is 1. The van der Waals surface area contributed by atoms with Gasteiger partial charge in [-0.1, -0.05) is 23.2 Å². The summed E-state index contributed by atoms with van der Waals surface area (Å²) in [6.07, 6.45) is 5.62. The predicted octanol–water partition coefficient (Wildman–Crippen LogP) is 2.77. The van der Waals surface area contributed by atoms with Crippen LogP contribution in [0.2, 0.25) is 10.0 Å². The largest absolute Gasteiger partial charge is 0.506 e. The normalized spacial score (nSPS) is 18.2. The Morgan fingerprint density at radius 1 is 1.20 bits per heavy atom. The van der Waals surface area contributed by atoms with E-state index in [1.807, 2.05) is 0 Å². The number of amides is 2. The highest BCUT2D eigenvalue weighted by Crippen LogP contribution is 2.36. The van der Waals surface area contributed by atoms with Gasteiger partial charge in [-0.15, -0.1) is 0 Å². The minimum Gasteiger partial charge on any atom is -0.506 e. The Morgan fingerprint density at radius 3 is 2.76 bits per heavy atom. The monoisotopic (exact) mass is 597 g/mol. The minimum atomic E-state index is -0.890. The van der Waals surface area contributed by atoms with Crippen LogP contribution in [0.4, 0.5) is 11.5 Å². The van der Waals surface area contributed by atoms with Gasteiger partial charge in [-0.05, 0) is 24.1 Å². The van der Waals surface area contributed by atoms with Crippen molar-refractivity contribution < 1.29 is 19.4 Å². The number of hydrogen-bond donors (Lipinski definition) is 3. The molecule has 4 N–H and O–H groups in total. The molecule has 41 heavy (non-hydrogen) atoms. The summed E-state index contributed by atoms with van der Waals surface area (Å²) in [7, 11) is 1.55. The Balaban J connectivity index is 1.32. The molecule has 2 saturated heterocycles. The van der Waals surface area contributed by atoms with Gasteiger partial charge < -0.3 is 34.9 Å². The second kappa shape index (κ2) is 10.4. The van der Waals surface area contributed by atoms with Crippen LogP contribution in [-0.2, 0) is 23.1 Å². The zero-order valence-corrected chi connectivity index (χ0v) is 23.3. The number of nitrogens with two attached hydrogens (primary N) is 1. The molecule has 2 aliphatic heterocycles. The highest BCUT2D eigenvalue weighted by molar-refractivity contribution is 6.34. The van der Waals surface area contributed by atoms with Crippen molar-refractivity contribution in [1.82, 2.24) is 19.1 Å². The van der Waals surface area contributed by atoms with Gasteiger partial charge in [0.2, 0.25) is 5.91 Å². The highest BCUT2D eigenvalue weighted by atomic mass is 35.5. The number of aryl methyl sites for hydroxylation is 1. The Labute approximate surface area is 243 Å². The molecule has 2 atom stereocenters. The number of benzene rings is 1. The summed E-state index contributed by atoms with van der Waals surface area (Å²) in [4.78, 5) is 49.2. The molecule has 4 aromatic rings. The maximum absolute atomic E-state index is 13.2. The third-order valence-electron chi connectivity index (χ3n) is 7.53. The predicted molar refractivity (Wildman–Crippen MR) is 154 cm³/mol. The van der Waals surface area contributed by atoms with Crippen LogP contribution < -0.4 is 21.5 Å². The van der Waals surface area contributed by atoms with E-state index in [4.69, 9.17) is 33.7 Å². The zero-order chi connectivity index (χ0) is 29.0. The van der Waals surface area contributed by atoms with E-state index in [1.165, 1.54) is 33.8 Å². The molecule has 0 radical (unpaired) electrons. The standard InChI is InChI=1S/C27H25Cl2N7O5/c1-34-12-32-26-23(27(34)40)16(14-4-15(25(30)39)24(38)17(28)5-14)9-36(26)11-22(37)33-19-6-21(31-7-18(19)29)35-8-13-2-3-41-20(13)10-35/h4-7,9,12-13,20,38H,2-3,8,10-11H2,1H3,(H2,30,39)(H,31,33,37)/t13-,20+/m1/s1.